The molecule has 2 aromatic rings. The van der Waals surface area contributed by atoms with Crippen molar-refractivity contribution in [1.82, 2.24) is 14.9 Å². The van der Waals surface area contributed by atoms with Crippen molar-refractivity contribution in [3.05, 3.63) is 60.2 Å². The van der Waals surface area contributed by atoms with E-state index >= 15 is 0 Å². The van der Waals surface area contributed by atoms with Crippen molar-refractivity contribution >= 4 is 5.91 Å². The molecule has 0 N–H and O–H groups in total. The van der Waals surface area contributed by atoms with Crippen LogP contribution in [0, 0.1) is 0 Å². The second-order valence-electron chi connectivity index (χ2n) is 5.15. The van der Waals surface area contributed by atoms with E-state index in [2.05, 4.69) is 9.97 Å². The van der Waals surface area contributed by atoms with Gasteiger partial charge in [0, 0.05) is 18.9 Å². The van der Waals surface area contributed by atoms with Gasteiger partial charge in [-0.3, -0.25) is 9.78 Å². The number of benzene rings is 1. The number of amides is 1. The van der Waals surface area contributed by atoms with Crippen molar-refractivity contribution in [2.75, 3.05) is 13.1 Å². The predicted octanol–water partition coefficient (Wildman–Crippen LogP) is 2.08. The van der Waals surface area contributed by atoms with E-state index < -0.39 is 0 Å². The third-order valence-corrected chi connectivity index (χ3v) is 3.50. The highest BCUT2D eigenvalue weighted by molar-refractivity contribution is 5.92. The van der Waals surface area contributed by atoms with Gasteiger partial charge >= 0.3 is 0 Å². The van der Waals surface area contributed by atoms with Gasteiger partial charge in [0.1, 0.15) is 11.8 Å². The minimum atomic E-state index is -0.101. The fraction of sp³-hybridized carbons (Fsp3) is 0.312. The molecule has 0 radical (unpaired) electrons. The molecule has 0 aliphatic carbocycles. The smallest absolute Gasteiger partial charge is 0.274 e. The van der Waals surface area contributed by atoms with Crippen molar-refractivity contribution < 1.29 is 9.53 Å². The Balaban J connectivity index is 1.79. The van der Waals surface area contributed by atoms with Gasteiger partial charge in [-0.25, -0.2) is 4.98 Å². The maximum atomic E-state index is 12.5. The molecule has 2 heterocycles. The first-order valence-corrected chi connectivity index (χ1v) is 7.00. The lowest BCUT2D eigenvalue weighted by Crippen LogP contribution is -2.46. The first kappa shape index (κ1) is 13.7. The average molecular weight is 283 g/mol. The molecule has 0 unspecified atom stereocenters. The molecule has 3 rings (SSSR count). The van der Waals surface area contributed by atoms with Gasteiger partial charge in [-0.1, -0.05) is 30.3 Å². The molecule has 21 heavy (non-hydrogen) atoms. The third-order valence-electron chi connectivity index (χ3n) is 3.50. The quantitative estimate of drug-likeness (QED) is 0.846. The number of hydrogen-bond donors (Lipinski definition) is 0. The van der Waals surface area contributed by atoms with Crippen LogP contribution in [0.15, 0.2) is 48.9 Å². The minimum absolute atomic E-state index is 0.00965. The standard InChI is InChI=1S/C16H17N3O2/c1-12-10-19(16(20)14-9-17-7-8-18-14)11-15(21-12)13-5-3-2-4-6-13/h2-9,12,15H,10-11H2,1H3/t12-,15-/m0/s1. The van der Waals surface area contributed by atoms with Crippen LogP contribution < -0.4 is 0 Å². The molecule has 1 aromatic heterocycles. The number of aromatic nitrogens is 2. The summed E-state index contributed by atoms with van der Waals surface area (Å²) < 4.78 is 5.96. The summed E-state index contributed by atoms with van der Waals surface area (Å²) in [6.07, 6.45) is 4.48. The Labute approximate surface area is 123 Å². The highest BCUT2D eigenvalue weighted by Crippen LogP contribution is 2.25. The molecule has 1 aromatic carbocycles. The number of nitrogens with zero attached hydrogens (tertiary/aromatic N) is 3. The molecular formula is C16H17N3O2. The van der Waals surface area contributed by atoms with E-state index in [1.807, 2.05) is 37.3 Å². The first-order chi connectivity index (χ1) is 10.2. The van der Waals surface area contributed by atoms with Gasteiger partial charge in [0.15, 0.2) is 0 Å². The van der Waals surface area contributed by atoms with Gasteiger partial charge in [0.05, 0.1) is 18.8 Å². The molecule has 1 fully saturated rings. The summed E-state index contributed by atoms with van der Waals surface area (Å²) >= 11 is 0. The molecule has 1 aliphatic heterocycles. The van der Waals surface area contributed by atoms with Gasteiger partial charge in [-0.15, -0.1) is 0 Å². The van der Waals surface area contributed by atoms with Gasteiger partial charge in [-0.2, -0.15) is 0 Å². The second-order valence-corrected chi connectivity index (χ2v) is 5.15. The van der Waals surface area contributed by atoms with E-state index in [1.54, 1.807) is 11.1 Å². The number of ether oxygens (including phenoxy) is 1. The van der Waals surface area contributed by atoms with E-state index in [0.717, 1.165) is 5.56 Å². The summed E-state index contributed by atoms with van der Waals surface area (Å²) in [6, 6.07) is 9.97. The van der Waals surface area contributed by atoms with Crippen LogP contribution in [0.2, 0.25) is 0 Å². The summed E-state index contributed by atoms with van der Waals surface area (Å²) in [5.41, 5.74) is 1.46. The Morgan fingerprint density at radius 2 is 2.05 bits per heavy atom. The van der Waals surface area contributed by atoms with E-state index in [-0.39, 0.29) is 18.1 Å². The number of rotatable bonds is 2. The Hall–Kier alpha value is -2.27. The highest BCUT2D eigenvalue weighted by Gasteiger charge is 2.30. The summed E-state index contributed by atoms with van der Waals surface area (Å²) in [5.74, 6) is -0.0980. The molecule has 2 atom stereocenters. The molecular weight excluding hydrogens is 266 g/mol. The van der Waals surface area contributed by atoms with Crippen molar-refractivity contribution in [1.29, 1.82) is 0 Å². The zero-order chi connectivity index (χ0) is 14.7. The summed E-state index contributed by atoms with van der Waals surface area (Å²) in [5, 5.41) is 0. The fourth-order valence-corrected chi connectivity index (χ4v) is 2.54. The van der Waals surface area contributed by atoms with Crippen LogP contribution in [0.1, 0.15) is 29.1 Å². The number of carbonyl (C=O) groups excluding carboxylic acids is 1. The normalized spacial score (nSPS) is 22.0. The van der Waals surface area contributed by atoms with Crippen molar-refractivity contribution in [3.63, 3.8) is 0 Å². The Kier molecular flexibility index (Phi) is 3.92. The number of carbonyl (C=O) groups is 1. The molecule has 0 spiro atoms. The van der Waals surface area contributed by atoms with Crippen LogP contribution in [-0.2, 0) is 4.74 Å². The zero-order valence-electron chi connectivity index (χ0n) is 11.8. The minimum Gasteiger partial charge on any atom is -0.367 e. The van der Waals surface area contributed by atoms with Crippen molar-refractivity contribution in [2.45, 2.75) is 19.1 Å². The summed E-state index contributed by atoms with van der Waals surface area (Å²) in [4.78, 5) is 22.3. The lowest BCUT2D eigenvalue weighted by molar-refractivity contribution is -0.0693. The number of morpholine rings is 1. The molecule has 1 amide bonds. The first-order valence-electron chi connectivity index (χ1n) is 7.00. The average Bonchev–Trinajstić information content (AvgIpc) is 2.55. The molecule has 5 heteroatoms. The number of hydrogen-bond acceptors (Lipinski definition) is 4. The maximum Gasteiger partial charge on any atom is 0.274 e. The lowest BCUT2D eigenvalue weighted by Gasteiger charge is -2.36. The van der Waals surface area contributed by atoms with Crippen LogP contribution in [0.25, 0.3) is 0 Å². The second kappa shape index (κ2) is 6.01. The maximum absolute atomic E-state index is 12.5. The topological polar surface area (TPSA) is 55.3 Å². The van der Waals surface area contributed by atoms with Crippen molar-refractivity contribution in [3.8, 4) is 0 Å². The van der Waals surface area contributed by atoms with E-state index in [1.165, 1.54) is 12.4 Å². The SMILES string of the molecule is C[C@H]1CN(C(=O)c2cnccn2)C[C@@H](c2ccccc2)O1. The Morgan fingerprint density at radius 1 is 1.24 bits per heavy atom. The zero-order valence-corrected chi connectivity index (χ0v) is 11.8. The monoisotopic (exact) mass is 283 g/mol. The van der Waals surface area contributed by atoms with Gasteiger partial charge in [0.25, 0.3) is 5.91 Å². The van der Waals surface area contributed by atoms with E-state index in [0.29, 0.717) is 18.8 Å². The van der Waals surface area contributed by atoms with Gasteiger partial charge in [-0.05, 0) is 12.5 Å². The fourth-order valence-electron chi connectivity index (χ4n) is 2.54. The molecule has 0 bridgehead atoms. The van der Waals surface area contributed by atoms with Crippen LogP contribution in [0.3, 0.4) is 0 Å². The van der Waals surface area contributed by atoms with E-state index in [4.69, 9.17) is 4.74 Å². The Morgan fingerprint density at radius 3 is 2.76 bits per heavy atom. The van der Waals surface area contributed by atoms with Crippen LogP contribution in [-0.4, -0.2) is 40.0 Å². The Bertz CT molecular complexity index is 603. The van der Waals surface area contributed by atoms with Crippen LogP contribution in [0.5, 0.6) is 0 Å². The summed E-state index contributed by atoms with van der Waals surface area (Å²) in [7, 11) is 0. The van der Waals surface area contributed by atoms with Gasteiger partial charge < -0.3 is 9.64 Å². The highest BCUT2D eigenvalue weighted by atomic mass is 16.5. The van der Waals surface area contributed by atoms with Gasteiger partial charge in [0.2, 0.25) is 0 Å². The van der Waals surface area contributed by atoms with Crippen molar-refractivity contribution in [2.24, 2.45) is 0 Å². The molecule has 5 nitrogen and oxygen atoms in total. The largest absolute Gasteiger partial charge is 0.367 e. The van der Waals surface area contributed by atoms with E-state index in [9.17, 15) is 4.79 Å². The lowest BCUT2D eigenvalue weighted by atomic mass is 10.1. The summed E-state index contributed by atoms with van der Waals surface area (Å²) in [6.45, 7) is 3.08. The van der Waals surface area contributed by atoms with Crippen LogP contribution >= 0.6 is 0 Å². The molecule has 1 saturated heterocycles. The molecule has 108 valence electrons. The molecule has 0 saturated carbocycles. The predicted molar refractivity (Wildman–Crippen MR) is 77.7 cm³/mol. The molecule has 1 aliphatic rings. The third kappa shape index (κ3) is 3.08. The van der Waals surface area contributed by atoms with Crippen LogP contribution in [0.4, 0.5) is 0 Å².